The molecule has 3 aromatic rings. The van der Waals surface area contributed by atoms with Crippen molar-refractivity contribution in [2.24, 2.45) is 0 Å². The number of ether oxygens (including phenoxy) is 2. The van der Waals surface area contributed by atoms with Crippen LogP contribution >= 0.6 is 11.9 Å². The summed E-state index contributed by atoms with van der Waals surface area (Å²) in [5.74, 6) is 0.339. The van der Waals surface area contributed by atoms with Crippen molar-refractivity contribution < 1.29 is 26.7 Å². The molecule has 0 spiro atoms. The Bertz CT molecular complexity index is 1320. The van der Waals surface area contributed by atoms with Crippen molar-refractivity contribution in [2.75, 3.05) is 17.4 Å². The van der Waals surface area contributed by atoms with E-state index >= 15 is 0 Å². The van der Waals surface area contributed by atoms with E-state index in [4.69, 9.17) is 4.98 Å². The van der Waals surface area contributed by atoms with Crippen LogP contribution in [-0.4, -0.2) is 43.1 Å². The summed E-state index contributed by atoms with van der Waals surface area (Å²) in [6.45, 7) is 2.51. The fourth-order valence-corrected chi connectivity index (χ4v) is 6.66. The van der Waals surface area contributed by atoms with Gasteiger partial charge in [-0.05, 0) is 68.1 Å². The predicted octanol–water partition coefficient (Wildman–Crippen LogP) is 5.08. The van der Waals surface area contributed by atoms with Gasteiger partial charge in [-0.25, -0.2) is 13.4 Å². The van der Waals surface area contributed by atoms with Crippen LogP contribution in [0, 0.1) is 6.92 Å². The Morgan fingerprint density at radius 2 is 1.71 bits per heavy atom. The smallest absolute Gasteiger partial charge is 0.395 e. The van der Waals surface area contributed by atoms with Crippen LogP contribution < -0.4 is 13.8 Å². The maximum absolute atomic E-state index is 13.3. The summed E-state index contributed by atoms with van der Waals surface area (Å²) in [5.41, 5.74) is 0.898. The molecule has 184 valence electrons. The van der Waals surface area contributed by atoms with Gasteiger partial charge in [-0.3, -0.25) is 4.31 Å². The molecule has 0 atom stereocenters. The number of benzene rings is 2. The number of anilines is 1. The summed E-state index contributed by atoms with van der Waals surface area (Å²) in [6.07, 6.45) is -2.64. The van der Waals surface area contributed by atoms with Gasteiger partial charge in [-0.2, -0.15) is 4.31 Å². The highest BCUT2D eigenvalue weighted by Crippen LogP contribution is 2.42. The number of alkyl halides is 2. The van der Waals surface area contributed by atoms with Gasteiger partial charge >= 0.3 is 6.29 Å². The van der Waals surface area contributed by atoms with Crippen LogP contribution in [0.2, 0.25) is 0 Å². The highest BCUT2D eigenvalue weighted by Gasteiger charge is 2.44. The Hall–Kier alpha value is -2.89. The second-order valence-corrected chi connectivity index (χ2v) is 11.3. The van der Waals surface area contributed by atoms with Gasteiger partial charge in [0.15, 0.2) is 11.5 Å². The molecule has 1 aromatic heterocycles. The summed E-state index contributed by atoms with van der Waals surface area (Å²) in [7, 11) is -3.89. The summed E-state index contributed by atoms with van der Waals surface area (Å²) in [5, 5.41) is 0. The van der Waals surface area contributed by atoms with Crippen molar-refractivity contribution in [3.05, 3.63) is 72.4 Å². The summed E-state index contributed by atoms with van der Waals surface area (Å²) in [6, 6.07) is 19.4. The third-order valence-corrected chi connectivity index (χ3v) is 8.87. The lowest BCUT2D eigenvalue weighted by Gasteiger charge is -2.37. The van der Waals surface area contributed by atoms with E-state index < -0.39 is 16.3 Å². The fourth-order valence-electron chi connectivity index (χ4n) is 4.11. The van der Waals surface area contributed by atoms with Crippen molar-refractivity contribution in [3.8, 4) is 11.5 Å². The first kappa shape index (κ1) is 23.8. The average Bonchev–Trinajstić information content (AvgIpc) is 3.16. The minimum absolute atomic E-state index is 0.0522. The molecule has 0 saturated carbocycles. The summed E-state index contributed by atoms with van der Waals surface area (Å²) in [4.78, 5) is 5.65. The predicted molar refractivity (Wildman–Crippen MR) is 128 cm³/mol. The van der Waals surface area contributed by atoms with Crippen molar-refractivity contribution in [1.82, 2.24) is 9.29 Å². The fraction of sp³-hybridized carbons (Fsp3) is 0.292. The number of aryl methyl sites for hydroxylation is 1. The molecule has 35 heavy (non-hydrogen) atoms. The Kier molecular flexibility index (Phi) is 6.32. The second kappa shape index (κ2) is 9.29. The Balaban J connectivity index is 1.33. The maximum Gasteiger partial charge on any atom is 0.586 e. The lowest BCUT2D eigenvalue weighted by atomic mass is 10.1. The zero-order valence-corrected chi connectivity index (χ0v) is 20.4. The van der Waals surface area contributed by atoms with E-state index in [2.05, 4.69) is 13.8 Å². The number of piperidine rings is 1. The summed E-state index contributed by atoms with van der Waals surface area (Å²) >= 11 is 1.58. The minimum Gasteiger partial charge on any atom is -0.395 e. The van der Waals surface area contributed by atoms with E-state index in [1.807, 2.05) is 55.5 Å². The number of nitrogens with zero attached hydrogens (tertiary/aromatic N) is 3. The number of fused-ring (bicyclic) bond motifs is 1. The molecule has 0 aliphatic carbocycles. The van der Waals surface area contributed by atoms with Crippen LogP contribution in [0.1, 0.15) is 18.5 Å². The highest BCUT2D eigenvalue weighted by atomic mass is 32.2. The van der Waals surface area contributed by atoms with E-state index in [1.54, 1.807) is 11.9 Å². The van der Waals surface area contributed by atoms with E-state index in [1.165, 1.54) is 16.4 Å². The highest BCUT2D eigenvalue weighted by molar-refractivity contribution is 8.00. The van der Waals surface area contributed by atoms with Crippen molar-refractivity contribution in [2.45, 2.75) is 41.9 Å². The van der Waals surface area contributed by atoms with E-state index in [0.717, 1.165) is 22.5 Å². The first-order chi connectivity index (χ1) is 16.7. The van der Waals surface area contributed by atoms with Crippen molar-refractivity contribution in [1.29, 1.82) is 0 Å². The number of hydrogen-bond acceptors (Lipinski definition) is 7. The third kappa shape index (κ3) is 5.07. The van der Waals surface area contributed by atoms with Gasteiger partial charge < -0.3 is 9.47 Å². The molecule has 11 heteroatoms. The molecule has 2 aliphatic heterocycles. The zero-order chi connectivity index (χ0) is 24.6. The van der Waals surface area contributed by atoms with Crippen LogP contribution in [0.4, 0.5) is 14.6 Å². The number of pyridine rings is 1. The Labute approximate surface area is 206 Å². The maximum atomic E-state index is 13.3. The van der Waals surface area contributed by atoms with Gasteiger partial charge in [0.1, 0.15) is 5.82 Å². The molecule has 1 saturated heterocycles. The zero-order valence-electron chi connectivity index (χ0n) is 18.8. The molecule has 2 aliphatic rings. The molecule has 0 radical (unpaired) electrons. The van der Waals surface area contributed by atoms with Crippen LogP contribution in [0.5, 0.6) is 11.5 Å². The Morgan fingerprint density at radius 1 is 1.00 bits per heavy atom. The minimum atomic E-state index is -3.89. The molecular formula is C24H23F2N3O4S2. The van der Waals surface area contributed by atoms with Crippen LogP contribution in [-0.2, 0) is 10.0 Å². The Morgan fingerprint density at radius 3 is 2.43 bits per heavy atom. The molecule has 0 N–H and O–H groups in total. The van der Waals surface area contributed by atoms with Gasteiger partial charge in [0.2, 0.25) is 10.0 Å². The lowest BCUT2D eigenvalue weighted by Crippen LogP contribution is -2.45. The molecule has 0 unspecified atom stereocenters. The number of halogens is 2. The standard InChI is InChI=1S/C24H23F2N3O4S2/c1-17-6-5-9-23(27-17)29(34-19-7-3-2-4-8-19)18-12-14-28(15-13-18)35(30,31)20-10-11-21-22(16-20)33-24(25,26)32-21/h2-11,16,18H,12-15H2,1H3. The van der Waals surface area contributed by atoms with Gasteiger partial charge in [-0.1, -0.05) is 24.3 Å². The topological polar surface area (TPSA) is 72.0 Å². The summed E-state index contributed by atoms with van der Waals surface area (Å²) < 4.78 is 65.5. The van der Waals surface area contributed by atoms with Gasteiger partial charge in [-0.15, -0.1) is 8.78 Å². The third-order valence-electron chi connectivity index (χ3n) is 5.81. The number of rotatable bonds is 6. The molecule has 1 fully saturated rings. The number of hydrogen-bond donors (Lipinski definition) is 0. The second-order valence-electron chi connectivity index (χ2n) is 8.28. The van der Waals surface area contributed by atoms with Crippen molar-refractivity contribution >= 4 is 27.8 Å². The van der Waals surface area contributed by atoms with E-state index in [-0.39, 0.29) is 35.5 Å². The van der Waals surface area contributed by atoms with E-state index in [9.17, 15) is 17.2 Å². The van der Waals surface area contributed by atoms with Gasteiger partial charge in [0.05, 0.1) is 4.90 Å². The molecule has 3 heterocycles. The average molecular weight is 520 g/mol. The van der Waals surface area contributed by atoms with Crippen molar-refractivity contribution in [3.63, 3.8) is 0 Å². The molecule has 0 amide bonds. The molecule has 5 rings (SSSR count). The lowest BCUT2D eigenvalue weighted by molar-refractivity contribution is -0.286. The normalized spacial score (nSPS) is 17.9. The first-order valence-corrected chi connectivity index (χ1v) is 13.3. The largest absolute Gasteiger partial charge is 0.586 e. The quantitative estimate of drug-likeness (QED) is 0.421. The molecule has 2 aromatic carbocycles. The monoisotopic (exact) mass is 519 g/mol. The van der Waals surface area contributed by atoms with Crippen LogP contribution in [0.25, 0.3) is 0 Å². The van der Waals surface area contributed by atoms with E-state index in [0.29, 0.717) is 12.8 Å². The van der Waals surface area contributed by atoms with Gasteiger partial charge in [0.25, 0.3) is 0 Å². The van der Waals surface area contributed by atoms with Crippen LogP contribution in [0.15, 0.2) is 76.5 Å². The van der Waals surface area contributed by atoms with Gasteiger partial charge in [0, 0.05) is 35.8 Å². The first-order valence-electron chi connectivity index (χ1n) is 11.1. The molecule has 0 bridgehead atoms. The van der Waals surface area contributed by atoms with Crippen LogP contribution in [0.3, 0.4) is 0 Å². The number of sulfonamides is 1. The SMILES string of the molecule is Cc1cccc(N(Sc2ccccc2)C2CCN(S(=O)(=O)c3ccc4c(c3)OC(F)(F)O4)CC2)n1. The molecule has 7 nitrogen and oxygen atoms in total. The number of aromatic nitrogens is 1. The molecular weight excluding hydrogens is 496 g/mol.